The minimum absolute atomic E-state index is 0. The molecule has 0 aromatic carbocycles. The summed E-state index contributed by atoms with van der Waals surface area (Å²) in [5.41, 5.74) is 0. The highest BCUT2D eigenvalue weighted by molar-refractivity contribution is 5.85. The highest BCUT2D eigenvalue weighted by Gasteiger charge is 2.20. The molecule has 4 nitrogen and oxygen atoms in total. The summed E-state index contributed by atoms with van der Waals surface area (Å²) in [4.78, 5) is 12.3. The Hall–Kier alpha value is -0.580. The van der Waals surface area contributed by atoms with Crippen LogP contribution in [0.1, 0.15) is 6.42 Å². The zero-order valence-electron chi connectivity index (χ0n) is 8.18. The van der Waals surface area contributed by atoms with Crippen molar-refractivity contribution in [2.24, 2.45) is 0 Å². The van der Waals surface area contributed by atoms with Crippen LogP contribution in [0.5, 0.6) is 0 Å². The van der Waals surface area contributed by atoms with Gasteiger partial charge in [-0.05, 0) is 6.42 Å². The van der Waals surface area contributed by atoms with Crippen molar-refractivity contribution in [2.75, 3.05) is 26.7 Å². The summed E-state index contributed by atoms with van der Waals surface area (Å²) < 4.78 is 5.19. The third-order valence-corrected chi connectivity index (χ3v) is 2.19. The summed E-state index contributed by atoms with van der Waals surface area (Å²) in [6.45, 7) is 2.59. The third-order valence-electron chi connectivity index (χ3n) is 2.19. The van der Waals surface area contributed by atoms with E-state index in [1.54, 1.807) is 13.2 Å². The highest BCUT2D eigenvalue weighted by atomic mass is 35.5. The van der Waals surface area contributed by atoms with Gasteiger partial charge in [0, 0.05) is 32.8 Å². The van der Waals surface area contributed by atoms with Gasteiger partial charge >= 0.3 is 5.97 Å². The first-order valence-corrected chi connectivity index (χ1v) is 4.37. The summed E-state index contributed by atoms with van der Waals surface area (Å²) in [7, 11) is 1.71. The number of likely N-dealkylation sites (tertiary alicyclic amines) is 1. The Balaban J connectivity index is 0.00000169. The number of ether oxygens (including phenoxy) is 1. The van der Waals surface area contributed by atoms with Crippen LogP contribution in [0.15, 0.2) is 12.2 Å². The lowest BCUT2D eigenvalue weighted by atomic mass is 10.3. The van der Waals surface area contributed by atoms with Crippen molar-refractivity contribution in [3.63, 3.8) is 0 Å². The van der Waals surface area contributed by atoms with Gasteiger partial charge in [0.05, 0.1) is 6.10 Å². The Bertz CT molecular complexity index is 208. The van der Waals surface area contributed by atoms with Crippen LogP contribution in [0.3, 0.4) is 0 Å². The number of hydrogen-bond acceptors (Lipinski definition) is 3. The van der Waals surface area contributed by atoms with Gasteiger partial charge in [0.15, 0.2) is 0 Å². The molecule has 0 amide bonds. The number of carboxylic acid groups (broad SMARTS) is 1. The molecule has 1 fully saturated rings. The molecule has 1 atom stereocenters. The van der Waals surface area contributed by atoms with Gasteiger partial charge in [-0.3, -0.25) is 4.90 Å². The molecule has 82 valence electrons. The van der Waals surface area contributed by atoms with Crippen LogP contribution in [0, 0.1) is 0 Å². The second-order valence-corrected chi connectivity index (χ2v) is 3.15. The largest absolute Gasteiger partial charge is 0.478 e. The molecule has 0 unspecified atom stereocenters. The number of methoxy groups -OCH3 is 1. The summed E-state index contributed by atoms with van der Waals surface area (Å²) in [6.07, 6.45) is 4.20. The number of aliphatic carboxylic acids is 1. The van der Waals surface area contributed by atoms with Crippen molar-refractivity contribution >= 4 is 18.4 Å². The second-order valence-electron chi connectivity index (χ2n) is 3.15. The first kappa shape index (κ1) is 13.4. The molecule has 0 aliphatic carbocycles. The zero-order chi connectivity index (χ0) is 9.68. The number of halogens is 1. The quantitative estimate of drug-likeness (QED) is 0.713. The minimum Gasteiger partial charge on any atom is -0.478 e. The summed E-state index contributed by atoms with van der Waals surface area (Å²) in [5.74, 6) is -0.887. The van der Waals surface area contributed by atoms with Crippen LogP contribution >= 0.6 is 12.4 Å². The fourth-order valence-electron chi connectivity index (χ4n) is 1.46. The molecule has 5 heteroatoms. The Morgan fingerprint density at radius 2 is 2.43 bits per heavy atom. The maximum atomic E-state index is 10.2. The summed E-state index contributed by atoms with van der Waals surface area (Å²) >= 11 is 0. The van der Waals surface area contributed by atoms with E-state index in [1.807, 2.05) is 0 Å². The Morgan fingerprint density at radius 3 is 2.93 bits per heavy atom. The minimum atomic E-state index is -0.887. The van der Waals surface area contributed by atoms with Crippen LogP contribution in [0.4, 0.5) is 0 Å². The zero-order valence-corrected chi connectivity index (χ0v) is 9.00. The van der Waals surface area contributed by atoms with E-state index in [-0.39, 0.29) is 12.4 Å². The van der Waals surface area contributed by atoms with Gasteiger partial charge in [-0.2, -0.15) is 0 Å². The number of carbonyl (C=O) groups is 1. The Kier molecular flexibility index (Phi) is 6.53. The molecule has 0 radical (unpaired) electrons. The van der Waals surface area contributed by atoms with E-state index in [0.29, 0.717) is 12.6 Å². The van der Waals surface area contributed by atoms with E-state index < -0.39 is 5.97 Å². The molecule has 0 bridgehead atoms. The molecular formula is C9H16ClNO3. The van der Waals surface area contributed by atoms with Crippen LogP contribution in [0.2, 0.25) is 0 Å². The van der Waals surface area contributed by atoms with E-state index in [2.05, 4.69) is 4.90 Å². The van der Waals surface area contributed by atoms with Gasteiger partial charge in [0.1, 0.15) is 0 Å². The van der Waals surface area contributed by atoms with Gasteiger partial charge in [-0.25, -0.2) is 4.79 Å². The first-order chi connectivity index (χ1) is 6.22. The van der Waals surface area contributed by atoms with E-state index in [9.17, 15) is 4.79 Å². The standard InChI is InChI=1S/C9H15NO3.ClH/c1-13-8-4-6-10(7-8)5-2-3-9(11)12;/h2-3,8H,4-7H2,1H3,(H,11,12);1H/b3-2+;/t8-;/m0./s1. The van der Waals surface area contributed by atoms with Gasteiger partial charge in [0.2, 0.25) is 0 Å². The predicted octanol–water partition coefficient (Wildman–Crippen LogP) is 0.770. The number of rotatable bonds is 4. The fourth-order valence-corrected chi connectivity index (χ4v) is 1.46. The van der Waals surface area contributed by atoms with E-state index >= 15 is 0 Å². The topological polar surface area (TPSA) is 49.8 Å². The number of nitrogens with zero attached hydrogens (tertiary/aromatic N) is 1. The lowest BCUT2D eigenvalue weighted by Gasteiger charge is -2.12. The monoisotopic (exact) mass is 221 g/mol. The molecule has 1 aliphatic heterocycles. The second kappa shape index (κ2) is 6.81. The lowest BCUT2D eigenvalue weighted by Crippen LogP contribution is -2.22. The molecule has 0 saturated carbocycles. The van der Waals surface area contributed by atoms with Crippen LogP contribution in [-0.2, 0) is 9.53 Å². The molecule has 1 N–H and O–H groups in total. The summed E-state index contributed by atoms with van der Waals surface area (Å²) in [5, 5.41) is 8.36. The van der Waals surface area contributed by atoms with Crippen molar-refractivity contribution in [3.8, 4) is 0 Å². The average molecular weight is 222 g/mol. The smallest absolute Gasteiger partial charge is 0.328 e. The van der Waals surface area contributed by atoms with Crippen LogP contribution < -0.4 is 0 Å². The lowest BCUT2D eigenvalue weighted by molar-refractivity contribution is -0.131. The summed E-state index contributed by atoms with van der Waals surface area (Å²) in [6, 6.07) is 0. The van der Waals surface area contributed by atoms with Crippen LogP contribution in [-0.4, -0.2) is 48.8 Å². The van der Waals surface area contributed by atoms with Crippen LogP contribution in [0.25, 0.3) is 0 Å². The molecule has 14 heavy (non-hydrogen) atoms. The molecule has 1 aliphatic rings. The van der Waals surface area contributed by atoms with Gasteiger partial charge < -0.3 is 9.84 Å². The molecule has 1 heterocycles. The molecular weight excluding hydrogens is 206 g/mol. The van der Waals surface area contributed by atoms with E-state index in [0.717, 1.165) is 19.5 Å². The maximum Gasteiger partial charge on any atom is 0.328 e. The molecule has 0 aromatic heterocycles. The molecule has 1 saturated heterocycles. The molecule has 0 spiro atoms. The Morgan fingerprint density at radius 1 is 1.71 bits per heavy atom. The highest BCUT2D eigenvalue weighted by Crippen LogP contribution is 2.10. The van der Waals surface area contributed by atoms with Gasteiger partial charge in [-0.15, -0.1) is 12.4 Å². The van der Waals surface area contributed by atoms with Crippen molar-refractivity contribution in [2.45, 2.75) is 12.5 Å². The molecule has 0 aromatic rings. The fraction of sp³-hybridized carbons (Fsp3) is 0.667. The van der Waals surface area contributed by atoms with Crippen molar-refractivity contribution in [1.29, 1.82) is 0 Å². The van der Waals surface area contributed by atoms with Gasteiger partial charge in [-0.1, -0.05) is 6.08 Å². The number of carboxylic acids is 1. The van der Waals surface area contributed by atoms with Gasteiger partial charge in [0.25, 0.3) is 0 Å². The first-order valence-electron chi connectivity index (χ1n) is 4.37. The van der Waals surface area contributed by atoms with Crippen molar-refractivity contribution < 1.29 is 14.6 Å². The maximum absolute atomic E-state index is 10.2. The third kappa shape index (κ3) is 4.60. The van der Waals surface area contributed by atoms with Crippen molar-refractivity contribution in [3.05, 3.63) is 12.2 Å². The predicted molar refractivity (Wildman–Crippen MR) is 55.9 cm³/mol. The van der Waals surface area contributed by atoms with E-state index in [4.69, 9.17) is 9.84 Å². The number of hydrogen-bond donors (Lipinski definition) is 1. The molecule has 1 rings (SSSR count). The van der Waals surface area contributed by atoms with Crippen molar-refractivity contribution in [1.82, 2.24) is 4.90 Å². The average Bonchev–Trinajstić information content (AvgIpc) is 2.52. The SMILES string of the molecule is CO[C@H]1CCN(C/C=C/C(=O)O)C1.Cl. The Labute approximate surface area is 89.9 Å². The van der Waals surface area contributed by atoms with E-state index in [1.165, 1.54) is 6.08 Å². The normalized spacial score (nSPS) is 22.5.